The smallest absolute Gasteiger partial charge is 0.337 e. The molecule has 0 unspecified atom stereocenters. The Labute approximate surface area is 150 Å². The van der Waals surface area contributed by atoms with Gasteiger partial charge in [0.05, 0.1) is 23.9 Å². The number of rotatable bonds is 3. The van der Waals surface area contributed by atoms with Crippen molar-refractivity contribution in [2.45, 2.75) is 26.2 Å². The van der Waals surface area contributed by atoms with Crippen molar-refractivity contribution in [2.75, 3.05) is 7.11 Å². The maximum atomic E-state index is 12.9. The average molecular weight is 356 g/mol. The molecule has 3 rings (SSSR count). The molecule has 130 valence electrons. The monoisotopic (exact) mass is 356 g/mol. The Bertz CT molecular complexity index is 976. The van der Waals surface area contributed by atoms with Crippen LogP contribution in [0.4, 0.5) is 0 Å². The quantitative estimate of drug-likeness (QED) is 0.527. The number of thiazole rings is 1. The van der Waals surface area contributed by atoms with Crippen molar-refractivity contribution in [2.24, 2.45) is 7.05 Å². The van der Waals surface area contributed by atoms with E-state index < -0.39 is 5.97 Å². The maximum Gasteiger partial charge on any atom is 0.337 e. The van der Waals surface area contributed by atoms with Crippen LogP contribution in [0.3, 0.4) is 0 Å². The van der Waals surface area contributed by atoms with Gasteiger partial charge < -0.3 is 9.30 Å². The fourth-order valence-corrected chi connectivity index (χ4v) is 3.64. The van der Waals surface area contributed by atoms with E-state index in [-0.39, 0.29) is 11.2 Å². The Balaban J connectivity index is 2.05. The summed E-state index contributed by atoms with van der Waals surface area (Å²) >= 11 is 1.36. The second-order valence-corrected chi connectivity index (χ2v) is 7.85. The van der Waals surface area contributed by atoms with E-state index in [0.717, 1.165) is 16.6 Å². The fourth-order valence-electron chi connectivity index (χ4n) is 2.65. The third-order valence-electron chi connectivity index (χ3n) is 4.12. The van der Waals surface area contributed by atoms with Crippen molar-refractivity contribution < 1.29 is 14.3 Å². The number of nitrogens with zero attached hydrogens (tertiary/aromatic N) is 2. The molecule has 0 fully saturated rings. The molecule has 0 spiro atoms. The highest BCUT2D eigenvalue weighted by atomic mass is 32.1. The normalized spacial score (nSPS) is 11.7. The molecule has 2 heterocycles. The van der Waals surface area contributed by atoms with Crippen molar-refractivity contribution in [1.82, 2.24) is 9.55 Å². The molecule has 0 atom stereocenters. The van der Waals surface area contributed by atoms with E-state index in [1.54, 1.807) is 24.4 Å². The highest BCUT2D eigenvalue weighted by Gasteiger charge is 2.23. The number of carbonyl (C=O) groups is 2. The van der Waals surface area contributed by atoms with Gasteiger partial charge >= 0.3 is 5.97 Å². The summed E-state index contributed by atoms with van der Waals surface area (Å²) in [6, 6.07) is 5.20. The van der Waals surface area contributed by atoms with Crippen LogP contribution in [-0.4, -0.2) is 28.4 Å². The zero-order valence-corrected chi connectivity index (χ0v) is 15.7. The van der Waals surface area contributed by atoms with Gasteiger partial charge in [-0.1, -0.05) is 26.8 Å². The summed E-state index contributed by atoms with van der Waals surface area (Å²) in [6.45, 7) is 6.22. The zero-order valence-electron chi connectivity index (χ0n) is 14.9. The number of ether oxygens (including phenoxy) is 1. The van der Waals surface area contributed by atoms with Gasteiger partial charge in [-0.3, -0.25) is 4.79 Å². The third-order valence-corrected chi connectivity index (χ3v) is 4.96. The molecule has 0 N–H and O–H groups in total. The number of carbonyl (C=O) groups excluding carboxylic acids is 2. The van der Waals surface area contributed by atoms with Gasteiger partial charge in [-0.25, -0.2) is 9.78 Å². The van der Waals surface area contributed by atoms with Crippen LogP contribution in [0.25, 0.3) is 10.9 Å². The van der Waals surface area contributed by atoms with Crippen LogP contribution in [0, 0.1) is 0 Å². The largest absolute Gasteiger partial charge is 0.465 e. The molecule has 3 aromatic rings. The number of methoxy groups -OCH3 is 1. The number of ketones is 1. The Morgan fingerprint density at radius 1 is 1.24 bits per heavy atom. The minimum atomic E-state index is -0.397. The first kappa shape index (κ1) is 17.4. The molecule has 2 aromatic heterocycles. The lowest BCUT2D eigenvalue weighted by Gasteiger charge is -2.14. The Morgan fingerprint density at radius 2 is 1.96 bits per heavy atom. The van der Waals surface area contributed by atoms with Crippen molar-refractivity contribution in [3.63, 3.8) is 0 Å². The Kier molecular flexibility index (Phi) is 4.24. The zero-order chi connectivity index (χ0) is 18.4. The second-order valence-electron chi connectivity index (χ2n) is 6.99. The topological polar surface area (TPSA) is 61.2 Å². The molecular weight excluding hydrogens is 336 g/mol. The van der Waals surface area contributed by atoms with Crippen LogP contribution in [0.2, 0.25) is 0 Å². The summed E-state index contributed by atoms with van der Waals surface area (Å²) < 4.78 is 6.60. The van der Waals surface area contributed by atoms with Gasteiger partial charge in [0.15, 0.2) is 5.01 Å². The fraction of sp³-hybridized carbons (Fsp3) is 0.316. The first-order valence-electron chi connectivity index (χ1n) is 7.90. The van der Waals surface area contributed by atoms with E-state index in [4.69, 9.17) is 4.74 Å². The van der Waals surface area contributed by atoms with E-state index in [9.17, 15) is 9.59 Å². The van der Waals surface area contributed by atoms with Gasteiger partial charge in [-0.05, 0) is 12.1 Å². The molecule has 25 heavy (non-hydrogen) atoms. The molecular formula is C19H20N2O3S. The molecule has 1 aromatic carbocycles. The molecule has 0 saturated heterocycles. The Morgan fingerprint density at radius 3 is 2.56 bits per heavy atom. The number of aryl methyl sites for hydroxylation is 1. The van der Waals surface area contributed by atoms with Gasteiger partial charge in [0.25, 0.3) is 0 Å². The maximum absolute atomic E-state index is 12.9. The lowest BCUT2D eigenvalue weighted by atomic mass is 9.93. The van der Waals surface area contributed by atoms with E-state index in [2.05, 4.69) is 25.8 Å². The molecule has 0 saturated carbocycles. The third kappa shape index (κ3) is 3.09. The number of benzene rings is 1. The van der Waals surface area contributed by atoms with E-state index in [1.807, 2.05) is 17.0 Å². The highest BCUT2D eigenvalue weighted by Crippen LogP contribution is 2.28. The molecule has 0 aliphatic rings. The summed E-state index contributed by atoms with van der Waals surface area (Å²) in [5.41, 5.74) is 2.67. The summed E-state index contributed by atoms with van der Waals surface area (Å²) in [6.07, 6.45) is 1.78. The molecule has 5 nitrogen and oxygen atoms in total. The van der Waals surface area contributed by atoms with E-state index in [1.165, 1.54) is 18.4 Å². The van der Waals surface area contributed by atoms with Gasteiger partial charge in [0, 0.05) is 34.9 Å². The molecule has 6 heteroatoms. The molecule has 0 aliphatic carbocycles. The highest BCUT2D eigenvalue weighted by molar-refractivity contribution is 7.12. The first-order valence-corrected chi connectivity index (χ1v) is 8.78. The predicted octanol–water partition coefficient (Wildman–Crippen LogP) is 3.95. The second kappa shape index (κ2) is 6.11. The van der Waals surface area contributed by atoms with Crippen LogP contribution in [0.1, 0.15) is 52.2 Å². The number of hydrogen-bond donors (Lipinski definition) is 0. The van der Waals surface area contributed by atoms with Crippen molar-refractivity contribution in [3.05, 3.63) is 51.6 Å². The molecule has 0 radical (unpaired) electrons. The molecule has 0 bridgehead atoms. The van der Waals surface area contributed by atoms with E-state index >= 15 is 0 Å². The SMILES string of the molecule is COC(=O)c1ccc2c(C(=O)c3nc(C(C)(C)C)cs3)cn(C)c2c1. The number of aromatic nitrogens is 2. The number of fused-ring (bicyclic) bond motifs is 1. The number of hydrogen-bond acceptors (Lipinski definition) is 5. The van der Waals surface area contributed by atoms with E-state index in [0.29, 0.717) is 16.1 Å². The molecule has 0 amide bonds. The summed E-state index contributed by atoms with van der Waals surface area (Å²) in [4.78, 5) is 29.2. The number of esters is 1. The van der Waals surface area contributed by atoms with Crippen molar-refractivity contribution in [1.29, 1.82) is 0 Å². The first-order chi connectivity index (χ1) is 11.7. The van der Waals surface area contributed by atoms with Gasteiger partial charge in [0.1, 0.15) is 0 Å². The van der Waals surface area contributed by atoms with Crippen LogP contribution in [-0.2, 0) is 17.2 Å². The van der Waals surface area contributed by atoms with Crippen LogP contribution < -0.4 is 0 Å². The van der Waals surface area contributed by atoms with Crippen molar-refractivity contribution in [3.8, 4) is 0 Å². The summed E-state index contributed by atoms with van der Waals surface area (Å²) in [7, 11) is 3.20. The standard InChI is InChI=1S/C19H20N2O3S/c1-19(2,3)15-10-25-17(20-15)16(22)13-9-21(4)14-8-11(18(23)24-5)6-7-12(13)14/h6-10H,1-5H3. The minimum Gasteiger partial charge on any atom is -0.465 e. The van der Waals surface area contributed by atoms with Gasteiger partial charge in [0.2, 0.25) is 5.78 Å². The lowest BCUT2D eigenvalue weighted by Crippen LogP contribution is -2.12. The summed E-state index contributed by atoms with van der Waals surface area (Å²) in [5.74, 6) is -0.498. The Hall–Kier alpha value is -2.47. The lowest BCUT2D eigenvalue weighted by molar-refractivity contribution is 0.0600. The van der Waals surface area contributed by atoms with Crippen LogP contribution >= 0.6 is 11.3 Å². The predicted molar refractivity (Wildman–Crippen MR) is 98.5 cm³/mol. The average Bonchev–Trinajstić information content (AvgIpc) is 3.18. The van der Waals surface area contributed by atoms with Crippen molar-refractivity contribution >= 4 is 34.0 Å². The minimum absolute atomic E-state index is 0.0940. The van der Waals surface area contributed by atoms with Crippen LogP contribution in [0.5, 0.6) is 0 Å². The van der Waals surface area contributed by atoms with Crippen LogP contribution in [0.15, 0.2) is 29.8 Å². The summed E-state index contributed by atoms with van der Waals surface area (Å²) in [5, 5.41) is 3.22. The van der Waals surface area contributed by atoms with Gasteiger partial charge in [-0.2, -0.15) is 0 Å². The van der Waals surface area contributed by atoms with Gasteiger partial charge in [-0.15, -0.1) is 11.3 Å². The molecule has 0 aliphatic heterocycles.